The van der Waals surface area contributed by atoms with E-state index in [9.17, 15) is 4.39 Å². The second-order valence-corrected chi connectivity index (χ2v) is 2.39. The van der Waals surface area contributed by atoms with Gasteiger partial charge in [0.1, 0.15) is 5.82 Å². The third kappa shape index (κ3) is 2.88. The molecule has 0 aromatic heterocycles. The van der Waals surface area contributed by atoms with Crippen molar-refractivity contribution in [3.8, 4) is 0 Å². The standard InChI is InChI=1S/C8H8ClFN2/c9-5-6-11-12-8-3-1-7(10)2-4-8/h1-4,6,12H,5H2. The van der Waals surface area contributed by atoms with Crippen LogP contribution >= 0.6 is 11.6 Å². The minimum absolute atomic E-state index is 0.262. The zero-order chi connectivity index (χ0) is 8.81. The van der Waals surface area contributed by atoms with Crippen molar-refractivity contribution in [1.82, 2.24) is 0 Å². The maximum atomic E-state index is 12.4. The SMILES string of the molecule is Fc1ccc(NN=CCCl)cc1. The van der Waals surface area contributed by atoms with Crippen LogP contribution in [-0.4, -0.2) is 12.1 Å². The van der Waals surface area contributed by atoms with E-state index in [-0.39, 0.29) is 5.82 Å². The average Bonchev–Trinajstić information content (AvgIpc) is 2.09. The highest BCUT2D eigenvalue weighted by Crippen LogP contribution is 2.07. The summed E-state index contributed by atoms with van der Waals surface area (Å²) >= 11 is 5.34. The normalized spacial score (nSPS) is 10.5. The van der Waals surface area contributed by atoms with E-state index in [0.717, 1.165) is 5.69 Å². The summed E-state index contributed by atoms with van der Waals surface area (Å²) in [5.41, 5.74) is 3.43. The van der Waals surface area contributed by atoms with Crippen molar-refractivity contribution in [3.63, 3.8) is 0 Å². The molecule has 1 rings (SSSR count). The molecule has 2 nitrogen and oxygen atoms in total. The van der Waals surface area contributed by atoms with Crippen LogP contribution in [0.15, 0.2) is 29.4 Å². The number of nitrogens with zero attached hydrogens (tertiary/aromatic N) is 1. The molecule has 1 aromatic rings. The third-order valence-electron chi connectivity index (χ3n) is 1.20. The van der Waals surface area contributed by atoms with Crippen molar-refractivity contribution in [2.24, 2.45) is 5.10 Å². The average molecular weight is 187 g/mol. The predicted octanol–water partition coefficient (Wildman–Crippen LogP) is 2.46. The van der Waals surface area contributed by atoms with Crippen molar-refractivity contribution < 1.29 is 4.39 Å². The van der Waals surface area contributed by atoms with Crippen molar-refractivity contribution in [1.29, 1.82) is 0 Å². The van der Waals surface area contributed by atoms with Crippen LogP contribution in [-0.2, 0) is 0 Å². The first-order valence-corrected chi connectivity index (χ1v) is 3.95. The Bertz CT molecular complexity index is 258. The first-order valence-electron chi connectivity index (χ1n) is 3.42. The molecule has 0 amide bonds. The molecule has 4 heteroatoms. The summed E-state index contributed by atoms with van der Waals surface area (Å²) < 4.78 is 12.4. The number of hydrogen-bond donors (Lipinski definition) is 1. The first-order chi connectivity index (χ1) is 5.83. The van der Waals surface area contributed by atoms with E-state index in [4.69, 9.17) is 11.6 Å². The van der Waals surface area contributed by atoms with Crippen molar-refractivity contribution in [2.75, 3.05) is 11.3 Å². The minimum atomic E-state index is -0.262. The molecule has 0 saturated carbocycles. The van der Waals surface area contributed by atoms with E-state index in [1.807, 2.05) is 0 Å². The summed E-state index contributed by atoms with van der Waals surface area (Å²) in [5, 5.41) is 3.76. The molecule has 0 unspecified atom stereocenters. The lowest BCUT2D eigenvalue weighted by molar-refractivity contribution is 0.628. The lowest BCUT2D eigenvalue weighted by atomic mass is 10.3. The maximum Gasteiger partial charge on any atom is 0.123 e. The van der Waals surface area contributed by atoms with Gasteiger partial charge in [0.15, 0.2) is 0 Å². The topological polar surface area (TPSA) is 24.4 Å². The first kappa shape index (κ1) is 9.00. The lowest BCUT2D eigenvalue weighted by Gasteiger charge is -1.97. The maximum absolute atomic E-state index is 12.4. The van der Waals surface area contributed by atoms with E-state index in [1.54, 1.807) is 12.1 Å². The monoisotopic (exact) mass is 186 g/mol. The number of halogens is 2. The fourth-order valence-electron chi connectivity index (χ4n) is 0.679. The number of nitrogens with one attached hydrogen (secondary N) is 1. The molecule has 0 heterocycles. The Balaban J connectivity index is 2.53. The molecular weight excluding hydrogens is 179 g/mol. The van der Waals surface area contributed by atoms with E-state index in [2.05, 4.69) is 10.5 Å². The van der Waals surface area contributed by atoms with E-state index in [1.165, 1.54) is 18.3 Å². The fourth-order valence-corrected chi connectivity index (χ4v) is 0.748. The molecule has 1 N–H and O–H groups in total. The molecule has 0 aliphatic rings. The van der Waals surface area contributed by atoms with Gasteiger partial charge in [0, 0.05) is 6.21 Å². The molecule has 12 heavy (non-hydrogen) atoms. The van der Waals surface area contributed by atoms with Crippen molar-refractivity contribution >= 4 is 23.5 Å². The van der Waals surface area contributed by atoms with Crippen LogP contribution in [0.4, 0.5) is 10.1 Å². The number of alkyl halides is 1. The highest BCUT2D eigenvalue weighted by atomic mass is 35.5. The molecule has 64 valence electrons. The van der Waals surface area contributed by atoms with Crippen LogP contribution in [0.2, 0.25) is 0 Å². The van der Waals surface area contributed by atoms with Gasteiger partial charge < -0.3 is 0 Å². The molecule has 0 aliphatic heterocycles. The molecule has 0 atom stereocenters. The van der Waals surface area contributed by atoms with Crippen LogP contribution in [0, 0.1) is 5.82 Å². The number of rotatable bonds is 3. The molecular formula is C8H8ClFN2. The van der Waals surface area contributed by atoms with E-state index >= 15 is 0 Å². The van der Waals surface area contributed by atoms with Gasteiger partial charge in [-0.1, -0.05) is 0 Å². The van der Waals surface area contributed by atoms with E-state index in [0.29, 0.717) is 5.88 Å². The summed E-state index contributed by atoms with van der Waals surface area (Å²) in [6, 6.07) is 5.92. The van der Waals surface area contributed by atoms with Crippen LogP contribution in [0.5, 0.6) is 0 Å². The lowest BCUT2D eigenvalue weighted by Crippen LogP contribution is -1.89. The Morgan fingerprint density at radius 1 is 1.42 bits per heavy atom. The van der Waals surface area contributed by atoms with E-state index < -0.39 is 0 Å². The summed E-state index contributed by atoms with van der Waals surface area (Å²) in [6.45, 7) is 0. The quantitative estimate of drug-likeness (QED) is 0.438. The molecule has 0 radical (unpaired) electrons. The Morgan fingerprint density at radius 3 is 2.67 bits per heavy atom. The highest BCUT2D eigenvalue weighted by molar-refractivity contribution is 6.24. The Labute approximate surface area is 75.0 Å². The molecule has 0 bridgehead atoms. The van der Waals surface area contributed by atoms with Gasteiger partial charge in [-0.15, -0.1) is 11.6 Å². The third-order valence-corrected chi connectivity index (χ3v) is 1.34. The van der Waals surface area contributed by atoms with Gasteiger partial charge in [-0.25, -0.2) is 4.39 Å². The second-order valence-electron chi connectivity index (χ2n) is 2.08. The Hall–Kier alpha value is -1.09. The fraction of sp³-hybridized carbons (Fsp3) is 0.125. The summed E-state index contributed by atoms with van der Waals surface area (Å²) in [7, 11) is 0. The zero-order valence-electron chi connectivity index (χ0n) is 6.30. The van der Waals surface area contributed by atoms with Crippen LogP contribution in [0.25, 0.3) is 0 Å². The minimum Gasteiger partial charge on any atom is -0.279 e. The smallest absolute Gasteiger partial charge is 0.123 e. The van der Waals surface area contributed by atoms with Crippen LogP contribution < -0.4 is 5.43 Å². The summed E-state index contributed by atoms with van der Waals surface area (Å²) in [6.07, 6.45) is 1.52. The van der Waals surface area contributed by atoms with Gasteiger partial charge in [-0.05, 0) is 24.3 Å². The Kier molecular flexibility index (Phi) is 3.54. The number of hydrazone groups is 1. The molecule has 0 spiro atoms. The van der Waals surface area contributed by atoms with Gasteiger partial charge in [0.2, 0.25) is 0 Å². The molecule has 0 fully saturated rings. The van der Waals surface area contributed by atoms with Gasteiger partial charge in [-0.3, -0.25) is 5.43 Å². The van der Waals surface area contributed by atoms with Gasteiger partial charge >= 0.3 is 0 Å². The Morgan fingerprint density at radius 2 is 2.08 bits per heavy atom. The zero-order valence-corrected chi connectivity index (χ0v) is 7.05. The largest absolute Gasteiger partial charge is 0.279 e. The predicted molar refractivity (Wildman–Crippen MR) is 49.2 cm³/mol. The second kappa shape index (κ2) is 4.72. The molecule has 0 saturated heterocycles. The number of hydrogen-bond acceptors (Lipinski definition) is 2. The number of anilines is 1. The van der Waals surface area contributed by atoms with Gasteiger partial charge in [-0.2, -0.15) is 5.10 Å². The van der Waals surface area contributed by atoms with Crippen molar-refractivity contribution in [3.05, 3.63) is 30.1 Å². The molecule has 0 aliphatic carbocycles. The van der Waals surface area contributed by atoms with Gasteiger partial charge in [0.05, 0.1) is 11.6 Å². The summed E-state index contributed by atoms with van der Waals surface area (Å²) in [5.74, 6) is 0.0932. The number of benzene rings is 1. The van der Waals surface area contributed by atoms with Crippen molar-refractivity contribution in [2.45, 2.75) is 0 Å². The van der Waals surface area contributed by atoms with Crippen LogP contribution in [0.1, 0.15) is 0 Å². The summed E-state index contributed by atoms with van der Waals surface area (Å²) in [4.78, 5) is 0. The highest BCUT2D eigenvalue weighted by Gasteiger charge is 1.89. The molecule has 1 aromatic carbocycles. The van der Waals surface area contributed by atoms with Crippen LogP contribution in [0.3, 0.4) is 0 Å². The van der Waals surface area contributed by atoms with Gasteiger partial charge in [0.25, 0.3) is 0 Å².